The lowest BCUT2D eigenvalue weighted by Gasteiger charge is -2.11. The fraction of sp³-hybridized carbons (Fsp3) is 0.0769. The standard InChI is InChI=1S/C24H16N2.C2H6O/c1-3-7-17(8-4-1)19-13-15-25-23-21(19)11-12-22-20(14-16-26-24(22)23)18-9-5-2-6-10-18;1-2-3/h1-16H;3H,2H2,1H3. The van der Waals surface area contributed by atoms with E-state index in [0.29, 0.717) is 0 Å². The van der Waals surface area contributed by atoms with Gasteiger partial charge in [-0.25, -0.2) is 0 Å². The minimum atomic E-state index is 0.250. The zero-order valence-electron chi connectivity index (χ0n) is 16.3. The number of pyridine rings is 2. The molecule has 1 N–H and O–H groups in total. The first-order valence-electron chi connectivity index (χ1n) is 9.71. The van der Waals surface area contributed by atoms with Crippen molar-refractivity contribution in [2.45, 2.75) is 6.92 Å². The van der Waals surface area contributed by atoms with Crippen molar-refractivity contribution < 1.29 is 5.11 Å². The van der Waals surface area contributed by atoms with Crippen molar-refractivity contribution >= 4 is 21.8 Å². The van der Waals surface area contributed by atoms with Gasteiger partial charge in [-0.2, -0.15) is 0 Å². The van der Waals surface area contributed by atoms with Gasteiger partial charge in [0.25, 0.3) is 0 Å². The van der Waals surface area contributed by atoms with E-state index in [9.17, 15) is 0 Å². The molecule has 3 heteroatoms. The van der Waals surface area contributed by atoms with Gasteiger partial charge >= 0.3 is 0 Å². The summed E-state index contributed by atoms with van der Waals surface area (Å²) in [5.41, 5.74) is 6.65. The number of hydrogen-bond acceptors (Lipinski definition) is 3. The molecule has 0 atom stereocenters. The molecule has 3 aromatic carbocycles. The molecule has 0 amide bonds. The van der Waals surface area contributed by atoms with Crippen LogP contribution in [-0.4, -0.2) is 21.7 Å². The highest BCUT2D eigenvalue weighted by molar-refractivity contribution is 6.11. The molecular weight excluding hydrogens is 356 g/mol. The average molecular weight is 378 g/mol. The first-order valence-corrected chi connectivity index (χ1v) is 9.71. The van der Waals surface area contributed by atoms with E-state index in [0.717, 1.165) is 21.8 Å². The summed E-state index contributed by atoms with van der Waals surface area (Å²) in [7, 11) is 0. The predicted molar refractivity (Wildman–Crippen MR) is 121 cm³/mol. The van der Waals surface area contributed by atoms with Gasteiger partial charge in [-0.1, -0.05) is 72.8 Å². The lowest BCUT2D eigenvalue weighted by molar-refractivity contribution is 0.318. The van der Waals surface area contributed by atoms with Crippen LogP contribution < -0.4 is 0 Å². The molecule has 3 nitrogen and oxygen atoms in total. The van der Waals surface area contributed by atoms with Crippen LogP contribution in [0.5, 0.6) is 0 Å². The molecule has 2 aromatic heterocycles. The molecule has 0 aliphatic carbocycles. The van der Waals surface area contributed by atoms with Crippen LogP contribution in [0.15, 0.2) is 97.3 Å². The molecule has 0 aliphatic rings. The van der Waals surface area contributed by atoms with Crippen LogP contribution in [0.4, 0.5) is 0 Å². The van der Waals surface area contributed by atoms with E-state index in [2.05, 4.69) is 82.8 Å². The third-order valence-corrected chi connectivity index (χ3v) is 4.79. The van der Waals surface area contributed by atoms with Gasteiger partial charge in [-0.15, -0.1) is 0 Å². The SMILES string of the molecule is CCO.c1ccc(-c2ccnc3c2ccc2c(-c4ccccc4)ccnc23)cc1. The highest BCUT2D eigenvalue weighted by Crippen LogP contribution is 2.34. The maximum Gasteiger partial charge on any atom is 0.0970 e. The van der Waals surface area contributed by atoms with Gasteiger partial charge in [0.15, 0.2) is 0 Å². The fourth-order valence-corrected chi connectivity index (χ4v) is 3.57. The van der Waals surface area contributed by atoms with Gasteiger partial charge in [0.2, 0.25) is 0 Å². The number of hydrogen-bond donors (Lipinski definition) is 1. The number of rotatable bonds is 2. The lowest BCUT2D eigenvalue weighted by atomic mass is 9.97. The van der Waals surface area contributed by atoms with Crippen molar-refractivity contribution in [3.8, 4) is 22.3 Å². The quantitative estimate of drug-likeness (QED) is 0.377. The molecule has 0 aliphatic heterocycles. The molecule has 5 rings (SSSR count). The van der Waals surface area contributed by atoms with Crippen molar-refractivity contribution in [3.05, 3.63) is 97.3 Å². The molecule has 0 spiro atoms. The number of nitrogens with zero attached hydrogens (tertiary/aromatic N) is 2. The van der Waals surface area contributed by atoms with E-state index in [-0.39, 0.29) is 6.61 Å². The van der Waals surface area contributed by atoms with Gasteiger partial charge in [-0.3, -0.25) is 9.97 Å². The van der Waals surface area contributed by atoms with Gasteiger partial charge in [0.05, 0.1) is 11.0 Å². The molecule has 0 saturated carbocycles. The molecule has 0 radical (unpaired) electrons. The summed E-state index contributed by atoms with van der Waals surface area (Å²) in [5, 5.41) is 9.83. The van der Waals surface area contributed by atoms with Crippen LogP contribution in [0.1, 0.15) is 6.92 Å². The molecular formula is C26H22N2O. The van der Waals surface area contributed by atoms with Gasteiger partial charge in [0.1, 0.15) is 0 Å². The lowest BCUT2D eigenvalue weighted by Crippen LogP contribution is -1.90. The van der Waals surface area contributed by atoms with E-state index in [1.807, 2.05) is 24.5 Å². The topological polar surface area (TPSA) is 46.0 Å². The van der Waals surface area contributed by atoms with Gasteiger partial charge < -0.3 is 5.11 Å². The number of aliphatic hydroxyl groups is 1. The Balaban J connectivity index is 0.000000645. The Hall–Kier alpha value is -3.56. The molecule has 0 bridgehead atoms. The van der Waals surface area contributed by atoms with E-state index < -0.39 is 0 Å². The van der Waals surface area contributed by atoms with Crippen molar-refractivity contribution in [1.29, 1.82) is 0 Å². The average Bonchev–Trinajstić information content (AvgIpc) is 2.80. The van der Waals surface area contributed by atoms with Crippen molar-refractivity contribution in [3.63, 3.8) is 0 Å². The van der Waals surface area contributed by atoms with Crippen molar-refractivity contribution in [2.24, 2.45) is 0 Å². The number of aliphatic hydroxyl groups excluding tert-OH is 1. The minimum Gasteiger partial charge on any atom is -0.397 e. The zero-order valence-corrected chi connectivity index (χ0v) is 16.3. The molecule has 2 heterocycles. The maximum absolute atomic E-state index is 7.57. The minimum absolute atomic E-state index is 0.250. The summed E-state index contributed by atoms with van der Waals surface area (Å²) in [4.78, 5) is 9.34. The Morgan fingerprint density at radius 3 is 1.34 bits per heavy atom. The Bertz CT molecular complexity index is 1140. The second-order valence-corrected chi connectivity index (χ2v) is 6.62. The number of fused-ring (bicyclic) bond motifs is 3. The normalized spacial score (nSPS) is 10.6. The molecule has 5 aromatic rings. The largest absolute Gasteiger partial charge is 0.397 e. The smallest absolute Gasteiger partial charge is 0.0970 e. The first-order chi connectivity index (χ1) is 14.3. The third kappa shape index (κ3) is 3.73. The van der Waals surface area contributed by atoms with Crippen LogP contribution in [-0.2, 0) is 0 Å². The van der Waals surface area contributed by atoms with Gasteiger partial charge in [-0.05, 0) is 41.3 Å². The van der Waals surface area contributed by atoms with E-state index in [4.69, 9.17) is 5.11 Å². The summed E-state index contributed by atoms with van der Waals surface area (Å²) in [5.74, 6) is 0. The Morgan fingerprint density at radius 1 is 0.586 bits per heavy atom. The van der Waals surface area contributed by atoms with E-state index >= 15 is 0 Å². The Kier molecular flexibility index (Phi) is 5.59. The van der Waals surface area contributed by atoms with Crippen LogP contribution in [0.2, 0.25) is 0 Å². The third-order valence-electron chi connectivity index (χ3n) is 4.79. The van der Waals surface area contributed by atoms with Crippen LogP contribution in [0.25, 0.3) is 44.1 Å². The number of aromatic nitrogens is 2. The van der Waals surface area contributed by atoms with Crippen molar-refractivity contribution in [1.82, 2.24) is 9.97 Å². The highest BCUT2D eigenvalue weighted by atomic mass is 16.2. The molecule has 142 valence electrons. The van der Waals surface area contributed by atoms with Crippen molar-refractivity contribution in [2.75, 3.05) is 6.61 Å². The Morgan fingerprint density at radius 2 is 0.966 bits per heavy atom. The monoisotopic (exact) mass is 378 g/mol. The summed E-state index contributed by atoms with van der Waals surface area (Å²) >= 11 is 0. The molecule has 29 heavy (non-hydrogen) atoms. The maximum atomic E-state index is 7.57. The van der Waals surface area contributed by atoms with Gasteiger partial charge in [0, 0.05) is 29.8 Å². The van der Waals surface area contributed by atoms with E-state index in [1.165, 1.54) is 22.3 Å². The second-order valence-electron chi connectivity index (χ2n) is 6.62. The number of benzene rings is 3. The second kappa shape index (κ2) is 8.63. The summed E-state index contributed by atoms with van der Waals surface area (Å²) in [6, 6.07) is 29.3. The van der Waals surface area contributed by atoms with E-state index in [1.54, 1.807) is 6.92 Å². The molecule has 0 unspecified atom stereocenters. The van der Waals surface area contributed by atoms with Crippen LogP contribution in [0.3, 0.4) is 0 Å². The first kappa shape index (κ1) is 18.8. The van der Waals surface area contributed by atoms with Crippen LogP contribution in [0, 0.1) is 0 Å². The zero-order chi connectivity index (χ0) is 20.1. The molecule has 0 fully saturated rings. The van der Waals surface area contributed by atoms with Crippen LogP contribution >= 0.6 is 0 Å². The highest BCUT2D eigenvalue weighted by Gasteiger charge is 2.11. The Labute approximate surface area is 170 Å². The fourth-order valence-electron chi connectivity index (χ4n) is 3.57. The molecule has 0 saturated heterocycles. The summed E-state index contributed by atoms with van der Waals surface area (Å²) in [6.45, 7) is 1.93. The predicted octanol–water partition coefficient (Wildman–Crippen LogP) is 6.12. The summed E-state index contributed by atoms with van der Waals surface area (Å²) < 4.78 is 0. The summed E-state index contributed by atoms with van der Waals surface area (Å²) in [6.07, 6.45) is 3.75.